The molecule has 1 heterocycles. The number of Topliss-reactive ketones (excluding diaryl/α,β-unsaturated/α-hetero) is 1. The average molecular weight is 364 g/mol. The van der Waals surface area contributed by atoms with Crippen molar-refractivity contribution >= 4 is 33.7 Å². The number of carbonyl (C=O) groups excluding carboxylic acids is 2. The number of carbonyl (C=O) groups is 2. The Labute approximate surface area is 156 Å². The first-order chi connectivity index (χ1) is 12.6. The number of nitrogens with one attached hydrogen (secondary N) is 2. The summed E-state index contributed by atoms with van der Waals surface area (Å²) >= 11 is 1.32. The van der Waals surface area contributed by atoms with E-state index < -0.39 is 0 Å². The van der Waals surface area contributed by atoms with Crippen molar-refractivity contribution in [1.29, 1.82) is 0 Å². The van der Waals surface area contributed by atoms with Crippen molar-refractivity contribution in [3.63, 3.8) is 0 Å². The van der Waals surface area contributed by atoms with Gasteiger partial charge in [-0.25, -0.2) is 0 Å². The Hall–Kier alpha value is -2.92. The molecule has 4 nitrogen and oxygen atoms in total. The van der Waals surface area contributed by atoms with Crippen LogP contribution < -0.4 is 10.6 Å². The van der Waals surface area contributed by atoms with Crippen LogP contribution in [0.15, 0.2) is 60.7 Å². The summed E-state index contributed by atoms with van der Waals surface area (Å²) in [5, 5.41) is 6.93. The lowest BCUT2D eigenvalue weighted by Crippen LogP contribution is -2.11. The summed E-state index contributed by atoms with van der Waals surface area (Å²) in [5.41, 5.74) is 3.15. The molecule has 3 rings (SSSR count). The van der Waals surface area contributed by atoms with Gasteiger partial charge >= 0.3 is 0 Å². The van der Waals surface area contributed by atoms with E-state index in [4.69, 9.17) is 0 Å². The fourth-order valence-electron chi connectivity index (χ4n) is 2.77. The molecular formula is C21H20N2O2S. The van der Waals surface area contributed by atoms with Gasteiger partial charge in [0.1, 0.15) is 5.00 Å². The second-order valence-electron chi connectivity index (χ2n) is 5.98. The fourth-order valence-corrected chi connectivity index (χ4v) is 3.91. The number of ketones is 1. The van der Waals surface area contributed by atoms with Crippen LogP contribution in [0.25, 0.3) is 0 Å². The van der Waals surface area contributed by atoms with Crippen molar-refractivity contribution in [2.24, 2.45) is 0 Å². The molecule has 0 aliphatic carbocycles. The molecule has 2 N–H and O–H groups in total. The molecule has 0 saturated heterocycles. The van der Waals surface area contributed by atoms with Gasteiger partial charge in [-0.3, -0.25) is 9.59 Å². The zero-order chi connectivity index (χ0) is 18.5. The first-order valence-corrected chi connectivity index (χ1v) is 9.16. The van der Waals surface area contributed by atoms with Gasteiger partial charge in [0.2, 0.25) is 0 Å². The molecule has 1 aromatic heterocycles. The topological polar surface area (TPSA) is 58.2 Å². The quantitative estimate of drug-likeness (QED) is 0.597. The van der Waals surface area contributed by atoms with Crippen molar-refractivity contribution in [3.8, 4) is 0 Å². The molecule has 0 bridgehead atoms. The second kappa shape index (κ2) is 7.97. The van der Waals surface area contributed by atoms with Gasteiger partial charge in [-0.2, -0.15) is 0 Å². The maximum Gasteiger partial charge on any atom is 0.266 e. The van der Waals surface area contributed by atoms with Crippen LogP contribution in [0.4, 0.5) is 10.7 Å². The minimum absolute atomic E-state index is 0.0481. The van der Waals surface area contributed by atoms with E-state index in [2.05, 4.69) is 10.6 Å². The summed E-state index contributed by atoms with van der Waals surface area (Å²) < 4.78 is 0. The third-order valence-corrected chi connectivity index (χ3v) is 5.28. The first kappa shape index (κ1) is 17.9. The molecule has 2 aromatic carbocycles. The first-order valence-electron chi connectivity index (χ1n) is 8.34. The SMILES string of the molecule is CC(=O)c1c(NCc2ccccc2)sc(C(=O)Nc2ccccc2)c1C. The smallest absolute Gasteiger partial charge is 0.266 e. The second-order valence-corrected chi connectivity index (χ2v) is 7.00. The summed E-state index contributed by atoms with van der Waals surface area (Å²) in [6.07, 6.45) is 0. The maximum absolute atomic E-state index is 12.7. The van der Waals surface area contributed by atoms with Gasteiger partial charge in [0.25, 0.3) is 5.91 Å². The summed E-state index contributed by atoms with van der Waals surface area (Å²) in [5.74, 6) is -0.248. The maximum atomic E-state index is 12.7. The number of thiophene rings is 1. The molecule has 3 aromatic rings. The zero-order valence-electron chi connectivity index (χ0n) is 14.7. The van der Waals surface area contributed by atoms with Crippen molar-refractivity contribution in [1.82, 2.24) is 0 Å². The van der Waals surface area contributed by atoms with Crippen LogP contribution in [0.2, 0.25) is 0 Å². The van der Waals surface area contributed by atoms with Gasteiger partial charge < -0.3 is 10.6 Å². The lowest BCUT2D eigenvalue weighted by molar-refractivity contribution is 0.101. The molecule has 0 atom stereocenters. The zero-order valence-corrected chi connectivity index (χ0v) is 15.5. The largest absolute Gasteiger partial charge is 0.372 e. The molecule has 26 heavy (non-hydrogen) atoms. The van der Waals surface area contributed by atoms with E-state index in [1.165, 1.54) is 18.3 Å². The molecule has 1 amide bonds. The van der Waals surface area contributed by atoms with E-state index in [0.717, 1.165) is 16.3 Å². The molecule has 0 unspecified atom stereocenters. The Morgan fingerprint density at radius 2 is 1.58 bits per heavy atom. The summed E-state index contributed by atoms with van der Waals surface area (Å²) in [6.45, 7) is 3.95. The number of benzene rings is 2. The van der Waals surface area contributed by atoms with E-state index in [1.54, 1.807) is 0 Å². The Kier molecular flexibility index (Phi) is 5.49. The van der Waals surface area contributed by atoms with Crippen molar-refractivity contribution in [3.05, 3.63) is 82.2 Å². The highest BCUT2D eigenvalue weighted by atomic mass is 32.1. The average Bonchev–Trinajstić information content (AvgIpc) is 2.98. The number of amides is 1. The predicted molar refractivity (Wildman–Crippen MR) is 107 cm³/mol. The van der Waals surface area contributed by atoms with Gasteiger partial charge in [0.15, 0.2) is 5.78 Å². The highest BCUT2D eigenvalue weighted by Gasteiger charge is 2.22. The fraction of sp³-hybridized carbons (Fsp3) is 0.143. The van der Waals surface area contributed by atoms with Crippen LogP contribution in [0, 0.1) is 6.92 Å². The third-order valence-electron chi connectivity index (χ3n) is 4.03. The lowest BCUT2D eigenvalue weighted by Gasteiger charge is -2.06. The number of hydrogen-bond acceptors (Lipinski definition) is 4. The number of anilines is 2. The third kappa shape index (κ3) is 4.00. The van der Waals surface area contributed by atoms with Crippen molar-refractivity contribution in [2.45, 2.75) is 20.4 Å². The number of hydrogen-bond donors (Lipinski definition) is 2. The van der Waals surface area contributed by atoms with Crippen LogP contribution >= 0.6 is 11.3 Å². The molecule has 0 spiro atoms. The van der Waals surface area contributed by atoms with E-state index in [-0.39, 0.29) is 11.7 Å². The highest BCUT2D eigenvalue weighted by molar-refractivity contribution is 7.18. The van der Waals surface area contributed by atoms with Crippen LogP contribution in [0.3, 0.4) is 0 Å². The molecule has 132 valence electrons. The van der Waals surface area contributed by atoms with Gasteiger partial charge in [0, 0.05) is 12.2 Å². The Bertz CT molecular complexity index is 918. The predicted octanol–water partition coefficient (Wildman–Crippen LogP) is 5.12. The van der Waals surface area contributed by atoms with Crippen LogP contribution in [-0.2, 0) is 6.54 Å². The number of rotatable bonds is 6. The Morgan fingerprint density at radius 1 is 0.962 bits per heavy atom. The van der Waals surface area contributed by atoms with Gasteiger partial charge in [-0.15, -0.1) is 11.3 Å². The summed E-state index contributed by atoms with van der Waals surface area (Å²) in [7, 11) is 0. The Balaban J connectivity index is 1.84. The monoisotopic (exact) mass is 364 g/mol. The van der Waals surface area contributed by atoms with Gasteiger partial charge in [-0.05, 0) is 37.1 Å². The Morgan fingerprint density at radius 3 is 2.19 bits per heavy atom. The van der Waals surface area contributed by atoms with Crippen LogP contribution in [0.1, 0.15) is 38.1 Å². The van der Waals surface area contributed by atoms with E-state index in [9.17, 15) is 9.59 Å². The van der Waals surface area contributed by atoms with E-state index in [0.29, 0.717) is 22.5 Å². The molecule has 0 aliphatic rings. The molecule has 5 heteroatoms. The molecular weight excluding hydrogens is 344 g/mol. The van der Waals surface area contributed by atoms with Crippen molar-refractivity contribution < 1.29 is 9.59 Å². The van der Waals surface area contributed by atoms with Gasteiger partial charge in [0.05, 0.1) is 10.4 Å². The normalized spacial score (nSPS) is 10.4. The van der Waals surface area contributed by atoms with Crippen LogP contribution in [-0.4, -0.2) is 11.7 Å². The summed E-state index contributed by atoms with van der Waals surface area (Å²) in [6, 6.07) is 19.2. The molecule has 0 fully saturated rings. The van der Waals surface area contributed by atoms with Crippen LogP contribution in [0.5, 0.6) is 0 Å². The minimum Gasteiger partial charge on any atom is -0.372 e. The van der Waals surface area contributed by atoms with E-state index in [1.807, 2.05) is 67.6 Å². The van der Waals surface area contributed by atoms with E-state index >= 15 is 0 Å². The molecule has 0 saturated carbocycles. The lowest BCUT2D eigenvalue weighted by atomic mass is 10.1. The summed E-state index contributed by atoms with van der Waals surface area (Å²) in [4.78, 5) is 25.3. The standard InChI is InChI=1S/C21H20N2O2S/c1-14-18(15(2)24)21(22-13-16-9-5-3-6-10-16)26-19(14)20(25)23-17-11-7-4-8-12-17/h3-12,22H,13H2,1-2H3,(H,23,25). The molecule has 0 radical (unpaired) electrons. The highest BCUT2D eigenvalue weighted by Crippen LogP contribution is 2.34. The molecule has 0 aliphatic heterocycles. The number of para-hydroxylation sites is 1. The van der Waals surface area contributed by atoms with Crippen molar-refractivity contribution in [2.75, 3.05) is 10.6 Å². The minimum atomic E-state index is -0.200. The van der Waals surface area contributed by atoms with Gasteiger partial charge in [-0.1, -0.05) is 48.5 Å².